The van der Waals surface area contributed by atoms with Gasteiger partial charge in [0.25, 0.3) is 0 Å². The summed E-state index contributed by atoms with van der Waals surface area (Å²) < 4.78 is 5.17. The van der Waals surface area contributed by atoms with E-state index >= 15 is 0 Å². The van der Waals surface area contributed by atoms with Gasteiger partial charge in [-0.05, 0) is 19.4 Å². The van der Waals surface area contributed by atoms with Crippen LogP contribution in [0, 0.1) is 12.8 Å². The first-order chi connectivity index (χ1) is 7.75. The highest BCUT2D eigenvalue weighted by Gasteiger charge is 2.20. The van der Waals surface area contributed by atoms with Gasteiger partial charge in [-0.15, -0.1) is 10.2 Å². The summed E-state index contributed by atoms with van der Waals surface area (Å²) in [6.45, 7) is 3.81. The highest BCUT2D eigenvalue weighted by Crippen LogP contribution is 2.09. The molecule has 1 fully saturated rings. The Balaban J connectivity index is 1.78. The molecule has 0 spiro atoms. The number of rotatable bonds is 3. The van der Waals surface area contributed by atoms with Crippen LogP contribution in [-0.4, -0.2) is 29.2 Å². The van der Waals surface area contributed by atoms with Gasteiger partial charge in [0.05, 0.1) is 12.5 Å². The minimum absolute atomic E-state index is 0.0584. The minimum Gasteiger partial charge on any atom is -0.424 e. The predicted molar refractivity (Wildman–Crippen MR) is 56.5 cm³/mol. The lowest BCUT2D eigenvalue weighted by Crippen LogP contribution is -2.40. The van der Waals surface area contributed by atoms with E-state index in [4.69, 9.17) is 4.42 Å². The van der Waals surface area contributed by atoms with Crippen LogP contribution >= 0.6 is 0 Å². The van der Waals surface area contributed by atoms with Crippen molar-refractivity contribution in [3.63, 3.8) is 0 Å². The number of carbonyl (C=O) groups excluding carboxylic acids is 1. The number of hydrogen-bond acceptors (Lipinski definition) is 5. The Hall–Kier alpha value is -1.43. The number of aryl methyl sites for hydroxylation is 1. The third-order valence-corrected chi connectivity index (χ3v) is 2.65. The Kier molecular flexibility index (Phi) is 3.51. The molecule has 2 heterocycles. The lowest BCUT2D eigenvalue weighted by Gasteiger charge is -2.21. The van der Waals surface area contributed by atoms with Crippen molar-refractivity contribution in [3.05, 3.63) is 11.8 Å². The third kappa shape index (κ3) is 2.79. The van der Waals surface area contributed by atoms with E-state index in [-0.39, 0.29) is 11.8 Å². The van der Waals surface area contributed by atoms with Gasteiger partial charge in [0.2, 0.25) is 17.7 Å². The van der Waals surface area contributed by atoms with Crippen molar-refractivity contribution < 1.29 is 9.21 Å². The van der Waals surface area contributed by atoms with E-state index in [1.54, 1.807) is 6.92 Å². The van der Waals surface area contributed by atoms with Crippen LogP contribution in [0.1, 0.15) is 24.6 Å². The molecule has 0 radical (unpaired) electrons. The zero-order chi connectivity index (χ0) is 11.4. The van der Waals surface area contributed by atoms with Crippen molar-refractivity contribution in [3.8, 4) is 0 Å². The van der Waals surface area contributed by atoms with Gasteiger partial charge in [0.15, 0.2) is 0 Å². The van der Waals surface area contributed by atoms with E-state index in [1.165, 1.54) is 0 Å². The molecule has 6 nitrogen and oxygen atoms in total. The lowest BCUT2D eigenvalue weighted by molar-refractivity contribution is -0.125. The van der Waals surface area contributed by atoms with E-state index in [0.29, 0.717) is 18.3 Å². The Morgan fingerprint density at radius 1 is 1.62 bits per heavy atom. The molecule has 1 aromatic rings. The fourth-order valence-electron chi connectivity index (χ4n) is 1.79. The fraction of sp³-hybridized carbons (Fsp3) is 0.700. The van der Waals surface area contributed by atoms with Gasteiger partial charge in [-0.1, -0.05) is 0 Å². The predicted octanol–water partition coefficient (Wildman–Crippen LogP) is -0.00618. The van der Waals surface area contributed by atoms with Gasteiger partial charge < -0.3 is 15.1 Å². The molecule has 1 atom stereocenters. The molecule has 1 aliphatic heterocycles. The summed E-state index contributed by atoms with van der Waals surface area (Å²) in [5.74, 6) is 1.10. The van der Waals surface area contributed by atoms with Gasteiger partial charge in [-0.2, -0.15) is 0 Å². The molecular weight excluding hydrogens is 208 g/mol. The van der Waals surface area contributed by atoms with Crippen LogP contribution in [0.2, 0.25) is 0 Å². The summed E-state index contributed by atoms with van der Waals surface area (Å²) in [5.41, 5.74) is 0. The first kappa shape index (κ1) is 11.1. The van der Waals surface area contributed by atoms with Crippen LogP contribution in [0.4, 0.5) is 0 Å². The molecule has 1 amide bonds. The molecule has 6 heteroatoms. The maximum atomic E-state index is 11.7. The van der Waals surface area contributed by atoms with Gasteiger partial charge >= 0.3 is 0 Å². The standard InChI is InChI=1S/C10H16N4O2/c1-7-13-14-9(16-7)6-12-10(15)8-3-2-4-11-5-8/h8,11H,2-6H2,1H3,(H,12,15). The van der Waals surface area contributed by atoms with Crippen LogP contribution in [-0.2, 0) is 11.3 Å². The van der Waals surface area contributed by atoms with E-state index in [0.717, 1.165) is 25.9 Å². The van der Waals surface area contributed by atoms with Crippen LogP contribution in [0.3, 0.4) is 0 Å². The van der Waals surface area contributed by atoms with Crippen molar-refractivity contribution in [2.75, 3.05) is 13.1 Å². The number of nitrogens with one attached hydrogen (secondary N) is 2. The van der Waals surface area contributed by atoms with Crippen LogP contribution in [0.25, 0.3) is 0 Å². The maximum absolute atomic E-state index is 11.7. The topological polar surface area (TPSA) is 80.0 Å². The van der Waals surface area contributed by atoms with Crippen molar-refractivity contribution in [2.24, 2.45) is 5.92 Å². The van der Waals surface area contributed by atoms with Crippen molar-refractivity contribution in [1.29, 1.82) is 0 Å². The van der Waals surface area contributed by atoms with E-state index in [9.17, 15) is 4.79 Å². The summed E-state index contributed by atoms with van der Waals surface area (Å²) in [6, 6.07) is 0. The van der Waals surface area contributed by atoms with Gasteiger partial charge in [-0.3, -0.25) is 4.79 Å². The highest BCUT2D eigenvalue weighted by molar-refractivity contribution is 5.78. The van der Waals surface area contributed by atoms with Crippen molar-refractivity contribution in [1.82, 2.24) is 20.8 Å². The van der Waals surface area contributed by atoms with Crippen molar-refractivity contribution in [2.45, 2.75) is 26.3 Å². The third-order valence-electron chi connectivity index (χ3n) is 2.65. The van der Waals surface area contributed by atoms with Crippen LogP contribution in [0.15, 0.2) is 4.42 Å². The summed E-state index contributed by atoms with van der Waals surface area (Å²) in [5, 5.41) is 13.5. The second-order valence-corrected chi connectivity index (χ2v) is 3.98. The summed E-state index contributed by atoms with van der Waals surface area (Å²) >= 11 is 0. The second kappa shape index (κ2) is 5.07. The highest BCUT2D eigenvalue weighted by atomic mass is 16.4. The zero-order valence-electron chi connectivity index (χ0n) is 9.32. The summed E-state index contributed by atoms with van der Waals surface area (Å²) in [7, 11) is 0. The number of nitrogens with zero attached hydrogens (tertiary/aromatic N) is 2. The molecule has 0 aromatic carbocycles. The molecule has 16 heavy (non-hydrogen) atoms. The van der Waals surface area contributed by atoms with Crippen LogP contribution in [0.5, 0.6) is 0 Å². The summed E-state index contributed by atoms with van der Waals surface area (Å²) in [4.78, 5) is 11.7. The molecular formula is C10H16N4O2. The number of piperidine rings is 1. The quantitative estimate of drug-likeness (QED) is 0.755. The van der Waals surface area contributed by atoms with E-state index in [2.05, 4.69) is 20.8 Å². The first-order valence-corrected chi connectivity index (χ1v) is 5.53. The average Bonchev–Trinajstić information content (AvgIpc) is 2.73. The van der Waals surface area contributed by atoms with Crippen molar-refractivity contribution >= 4 is 5.91 Å². The largest absolute Gasteiger partial charge is 0.424 e. The maximum Gasteiger partial charge on any atom is 0.235 e. The molecule has 88 valence electrons. The molecule has 2 N–H and O–H groups in total. The molecule has 1 aliphatic rings. The Labute approximate surface area is 93.8 Å². The average molecular weight is 224 g/mol. The normalized spacial score (nSPS) is 20.7. The lowest BCUT2D eigenvalue weighted by atomic mass is 9.99. The van der Waals surface area contributed by atoms with E-state index in [1.807, 2.05) is 0 Å². The number of carbonyl (C=O) groups is 1. The van der Waals surface area contributed by atoms with Crippen LogP contribution < -0.4 is 10.6 Å². The first-order valence-electron chi connectivity index (χ1n) is 5.53. The SMILES string of the molecule is Cc1nnc(CNC(=O)C2CCCNC2)o1. The molecule has 1 saturated heterocycles. The number of aromatic nitrogens is 2. The Morgan fingerprint density at radius 3 is 3.12 bits per heavy atom. The smallest absolute Gasteiger partial charge is 0.235 e. The van der Waals surface area contributed by atoms with E-state index < -0.39 is 0 Å². The molecule has 1 aromatic heterocycles. The molecule has 0 bridgehead atoms. The van der Waals surface area contributed by atoms with Gasteiger partial charge in [0, 0.05) is 13.5 Å². The van der Waals surface area contributed by atoms with Gasteiger partial charge in [0.1, 0.15) is 0 Å². The molecule has 0 aliphatic carbocycles. The number of amides is 1. The zero-order valence-corrected chi connectivity index (χ0v) is 9.32. The Bertz CT molecular complexity index is 357. The molecule has 2 rings (SSSR count). The molecule has 1 unspecified atom stereocenters. The minimum atomic E-state index is 0.0584. The number of hydrogen-bond donors (Lipinski definition) is 2. The fourth-order valence-corrected chi connectivity index (χ4v) is 1.79. The monoisotopic (exact) mass is 224 g/mol. The van der Waals surface area contributed by atoms with Gasteiger partial charge in [-0.25, -0.2) is 0 Å². The molecule has 0 saturated carbocycles. The summed E-state index contributed by atoms with van der Waals surface area (Å²) in [6.07, 6.45) is 2.00. The Morgan fingerprint density at radius 2 is 2.50 bits per heavy atom. The second-order valence-electron chi connectivity index (χ2n) is 3.98.